The summed E-state index contributed by atoms with van der Waals surface area (Å²) in [5, 5.41) is 6.14. The molecular formula is C23H18N4O2S. The normalized spacial score (nSPS) is 10.7. The average molecular weight is 414 g/mol. The SMILES string of the molecule is C#C/N=C(/CSc1ccc(C(=O)Nc2ccc(Oc3ccccc3)cc2)cc1)N=N. The molecule has 3 aromatic rings. The fourth-order valence-electron chi connectivity index (χ4n) is 2.45. The number of para-hydroxylation sites is 1. The number of rotatable bonds is 7. The standard InChI is InChI=1S/C23H18N4O2S/c1-2-25-22(27-24)16-30-21-14-8-17(9-15-21)23(28)26-18-10-12-20(13-11-18)29-19-6-4-3-5-7-19/h1,3-15,24H,16H2,(H,26,28)/b25-22-,27-24?. The zero-order valence-electron chi connectivity index (χ0n) is 15.9. The first kappa shape index (κ1) is 20.8. The molecule has 148 valence electrons. The number of aliphatic imine (C=N–C) groups is 1. The van der Waals surface area contributed by atoms with Crippen LogP contribution in [-0.4, -0.2) is 17.5 Å². The van der Waals surface area contributed by atoms with E-state index in [1.165, 1.54) is 11.8 Å². The zero-order valence-corrected chi connectivity index (χ0v) is 16.7. The minimum Gasteiger partial charge on any atom is -0.457 e. The van der Waals surface area contributed by atoms with Crippen LogP contribution < -0.4 is 10.1 Å². The van der Waals surface area contributed by atoms with E-state index in [0.717, 1.165) is 10.6 Å². The summed E-state index contributed by atoms with van der Waals surface area (Å²) >= 11 is 1.43. The molecule has 0 aliphatic carbocycles. The van der Waals surface area contributed by atoms with Crippen molar-refractivity contribution in [1.29, 1.82) is 5.53 Å². The van der Waals surface area contributed by atoms with Crippen molar-refractivity contribution in [2.24, 2.45) is 10.1 Å². The first-order valence-electron chi connectivity index (χ1n) is 8.95. The maximum absolute atomic E-state index is 12.5. The molecule has 0 bridgehead atoms. The number of amides is 1. The Morgan fingerprint density at radius 3 is 2.30 bits per heavy atom. The van der Waals surface area contributed by atoms with Crippen LogP contribution in [0.5, 0.6) is 11.5 Å². The lowest BCUT2D eigenvalue weighted by Gasteiger charge is -2.08. The lowest BCUT2D eigenvalue weighted by Crippen LogP contribution is -2.11. The van der Waals surface area contributed by atoms with Crippen LogP contribution >= 0.6 is 11.8 Å². The summed E-state index contributed by atoms with van der Waals surface area (Å²) in [7, 11) is 0. The van der Waals surface area contributed by atoms with E-state index in [2.05, 4.69) is 21.5 Å². The second kappa shape index (κ2) is 10.6. The molecule has 0 heterocycles. The van der Waals surface area contributed by atoms with Gasteiger partial charge in [0.2, 0.25) is 0 Å². The molecule has 0 aromatic heterocycles. The van der Waals surface area contributed by atoms with Crippen LogP contribution in [0.15, 0.2) is 93.9 Å². The summed E-state index contributed by atoms with van der Waals surface area (Å²) in [6.07, 6.45) is 5.09. The fraction of sp³-hybridized carbons (Fsp3) is 0.0435. The van der Waals surface area contributed by atoms with Gasteiger partial charge in [-0.1, -0.05) is 24.6 Å². The highest BCUT2D eigenvalue weighted by Crippen LogP contribution is 2.23. The van der Waals surface area contributed by atoms with Crippen molar-refractivity contribution in [3.05, 3.63) is 84.4 Å². The first-order valence-corrected chi connectivity index (χ1v) is 9.93. The van der Waals surface area contributed by atoms with E-state index in [9.17, 15) is 4.79 Å². The van der Waals surface area contributed by atoms with Crippen LogP contribution in [0.3, 0.4) is 0 Å². The highest BCUT2D eigenvalue weighted by Gasteiger charge is 2.07. The molecule has 0 unspecified atom stereocenters. The second-order valence-electron chi connectivity index (χ2n) is 5.98. The molecule has 3 rings (SSSR count). The maximum Gasteiger partial charge on any atom is 0.255 e. The van der Waals surface area contributed by atoms with Crippen LogP contribution in [0.4, 0.5) is 5.69 Å². The molecule has 3 aromatic carbocycles. The van der Waals surface area contributed by atoms with Gasteiger partial charge >= 0.3 is 0 Å². The number of terminal acetylenes is 1. The maximum atomic E-state index is 12.5. The van der Waals surface area contributed by atoms with E-state index in [4.69, 9.17) is 16.7 Å². The van der Waals surface area contributed by atoms with Gasteiger partial charge in [-0.3, -0.25) is 4.79 Å². The third-order valence-electron chi connectivity index (χ3n) is 3.90. The molecule has 0 saturated heterocycles. The van der Waals surface area contributed by atoms with Crippen LogP contribution in [-0.2, 0) is 0 Å². The molecule has 1 amide bonds. The molecule has 0 spiro atoms. The summed E-state index contributed by atoms with van der Waals surface area (Å²) in [4.78, 5) is 17.1. The Hall–Kier alpha value is -3.89. The molecule has 30 heavy (non-hydrogen) atoms. The number of ether oxygens (including phenoxy) is 1. The molecule has 0 aliphatic heterocycles. The van der Waals surface area contributed by atoms with Crippen molar-refractivity contribution in [3.63, 3.8) is 0 Å². The van der Waals surface area contributed by atoms with Crippen molar-refractivity contribution >= 4 is 29.2 Å². The van der Waals surface area contributed by atoms with Gasteiger partial charge in [-0.15, -0.1) is 16.9 Å². The van der Waals surface area contributed by atoms with Crippen molar-refractivity contribution in [3.8, 4) is 24.0 Å². The Balaban J connectivity index is 1.56. The number of benzene rings is 3. The van der Waals surface area contributed by atoms with Gasteiger partial charge in [0.25, 0.3) is 5.91 Å². The lowest BCUT2D eigenvalue weighted by molar-refractivity contribution is 0.102. The summed E-state index contributed by atoms with van der Waals surface area (Å²) in [6.45, 7) is 0. The van der Waals surface area contributed by atoms with Crippen molar-refractivity contribution < 1.29 is 9.53 Å². The van der Waals surface area contributed by atoms with Crippen LogP contribution in [0.25, 0.3) is 0 Å². The smallest absolute Gasteiger partial charge is 0.255 e. The largest absolute Gasteiger partial charge is 0.457 e. The third kappa shape index (κ3) is 6.06. The Labute approximate surface area is 178 Å². The van der Waals surface area contributed by atoms with E-state index in [1.54, 1.807) is 36.4 Å². The van der Waals surface area contributed by atoms with Gasteiger partial charge < -0.3 is 10.1 Å². The van der Waals surface area contributed by atoms with E-state index in [0.29, 0.717) is 22.8 Å². The molecule has 6 nitrogen and oxygen atoms in total. The Morgan fingerprint density at radius 1 is 1.00 bits per heavy atom. The van der Waals surface area contributed by atoms with Crippen LogP contribution in [0.1, 0.15) is 10.4 Å². The van der Waals surface area contributed by atoms with Crippen molar-refractivity contribution in [2.45, 2.75) is 4.90 Å². The molecule has 0 radical (unpaired) electrons. The summed E-state index contributed by atoms with van der Waals surface area (Å²) in [6, 6.07) is 25.9. The van der Waals surface area contributed by atoms with E-state index < -0.39 is 0 Å². The topological polar surface area (TPSA) is 86.9 Å². The molecule has 2 N–H and O–H groups in total. The first-order chi connectivity index (χ1) is 14.7. The van der Waals surface area contributed by atoms with Gasteiger partial charge in [0.05, 0.1) is 5.75 Å². The fourth-order valence-corrected chi connectivity index (χ4v) is 3.20. The summed E-state index contributed by atoms with van der Waals surface area (Å²) in [5.41, 5.74) is 8.23. The summed E-state index contributed by atoms with van der Waals surface area (Å²) < 4.78 is 5.75. The second-order valence-corrected chi connectivity index (χ2v) is 7.02. The van der Waals surface area contributed by atoms with E-state index in [-0.39, 0.29) is 11.7 Å². The van der Waals surface area contributed by atoms with Gasteiger partial charge in [0.15, 0.2) is 5.84 Å². The van der Waals surface area contributed by atoms with Gasteiger partial charge in [0, 0.05) is 22.2 Å². The quantitative estimate of drug-likeness (QED) is 0.167. The number of hydrogen-bond donors (Lipinski definition) is 2. The highest BCUT2D eigenvalue weighted by molar-refractivity contribution is 8.00. The van der Waals surface area contributed by atoms with Gasteiger partial charge in [-0.05, 0) is 60.7 Å². The molecule has 0 saturated carbocycles. The monoisotopic (exact) mass is 414 g/mol. The third-order valence-corrected chi connectivity index (χ3v) is 4.91. The predicted octanol–water partition coefficient (Wildman–Crippen LogP) is 5.84. The number of nitrogens with one attached hydrogen (secondary N) is 2. The average Bonchev–Trinajstić information content (AvgIpc) is 2.79. The molecule has 0 fully saturated rings. The number of nitrogens with zero attached hydrogens (tertiary/aromatic N) is 2. The van der Waals surface area contributed by atoms with Crippen molar-refractivity contribution in [1.82, 2.24) is 0 Å². The van der Waals surface area contributed by atoms with Crippen LogP contribution in [0, 0.1) is 18.0 Å². The van der Waals surface area contributed by atoms with Crippen LogP contribution in [0.2, 0.25) is 0 Å². The van der Waals surface area contributed by atoms with Gasteiger partial charge in [-0.25, -0.2) is 5.53 Å². The molecule has 7 heteroatoms. The number of hydrogen-bond acceptors (Lipinski definition) is 5. The minimum atomic E-state index is -0.209. The summed E-state index contributed by atoms with van der Waals surface area (Å²) in [5.74, 6) is 1.88. The zero-order chi connectivity index (χ0) is 21.2. The highest BCUT2D eigenvalue weighted by atomic mass is 32.2. The number of amidine groups is 1. The number of carbonyl (C=O) groups is 1. The Kier molecular flexibility index (Phi) is 7.36. The Bertz CT molecular complexity index is 1070. The number of anilines is 1. The minimum absolute atomic E-state index is 0.209. The molecule has 0 aliphatic rings. The molecule has 0 atom stereocenters. The lowest BCUT2D eigenvalue weighted by atomic mass is 10.2. The van der Waals surface area contributed by atoms with Crippen molar-refractivity contribution in [2.75, 3.05) is 11.1 Å². The van der Waals surface area contributed by atoms with Gasteiger partial charge in [0.1, 0.15) is 11.5 Å². The molecular weight excluding hydrogens is 396 g/mol. The number of thioether (sulfide) groups is 1. The predicted molar refractivity (Wildman–Crippen MR) is 119 cm³/mol. The van der Waals surface area contributed by atoms with Gasteiger partial charge in [-0.2, -0.15) is 4.99 Å². The number of carbonyl (C=O) groups excluding carboxylic acids is 1. The van der Waals surface area contributed by atoms with E-state index in [1.807, 2.05) is 42.5 Å². The Morgan fingerprint density at radius 2 is 1.67 bits per heavy atom. The van der Waals surface area contributed by atoms with E-state index >= 15 is 0 Å².